The van der Waals surface area contributed by atoms with Gasteiger partial charge in [-0.3, -0.25) is 0 Å². The number of thiophene rings is 1. The number of carbonyl (C=O) groups excluding carboxylic acids is 1. The van der Waals surface area contributed by atoms with Gasteiger partial charge in [0.15, 0.2) is 0 Å². The summed E-state index contributed by atoms with van der Waals surface area (Å²) in [4.78, 5) is 14.3. The molecule has 0 spiro atoms. The summed E-state index contributed by atoms with van der Waals surface area (Å²) in [6.45, 7) is 3.66. The van der Waals surface area contributed by atoms with Crippen molar-refractivity contribution in [2.45, 2.75) is 64.1 Å². The van der Waals surface area contributed by atoms with E-state index in [1.54, 1.807) is 11.3 Å². The number of carbonyl (C=O) groups is 1. The first-order valence-electron chi connectivity index (χ1n) is 11.8. The van der Waals surface area contributed by atoms with E-state index in [1.807, 2.05) is 0 Å². The van der Waals surface area contributed by atoms with Crippen LogP contribution in [0.3, 0.4) is 0 Å². The van der Waals surface area contributed by atoms with Gasteiger partial charge in [0.25, 0.3) is 0 Å². The predicted molar refractivity (Wildman–Crippen MR) is 127 cm³/mol. The number of para-hydroxylation sites is 1. The Kier molecular flexibility index (Phi) is 4.64. The summed E-state index contributed by atoms with van der Waals surface area (Å²) in [5, 5.41) is 10.1. The molecule has 162 valence electrons. The number of aryl methyl sites for hydroxylation is 1. The Morgan fingerprint density at radius 2 is 1.77 bits per heavy atom. The third-order valence-corrected chi connectivity index (χ3v) is 8.87. The van der Waals surface area contributed by atoms with Crippen molar-refractivity contribution >= 4 is 28.3 Å². The number of aromatic nitrogens is 1. The van der Waals surface area contributed by atoms with Crippen molar-refractivity contribution in [2.75, 3.05) is 0 Å². The summed E-state index contributed by atoms with van der Waals surface area (Å²) in [6, 6.07) is 12.9. The van der Waals surface area contributed by atoms with Crippen molar-refractivity contribution < 1.29 is 4.79 Å². The van der Waals surface area contributed by atoms with E-state index in [-0.39, 0.29) is 11.6 Å². The molecule has 0 saturated heterocycles. The molecule has 1 aromatic carbocycles. The van der Waals surface area contributed by atoms with Crippen LogP contribution < -0.4 is 10.6 Å². The lowest BCUT2D eigenvalue weighted by molar-refractivity contribution is -0.0135. The molecule has 4 aliphatic carbocycles. The van der Waals surface area contributed by atoms with Crippen LogP contribution in [-0.2, 0) is 13.1 Å². The molecule has 2 aromatic heterocycles. The second kappa shape index (κ2) is 7.40. The van der Waals surface area contributed by atoms with Crippen LogP contribution in [0.25, 0.3) is 21.5 Å². The number of nitrogens with one attached hydrogen (secondary N) is 2. The number of urea groups is 1. The standard InChI is InChI=1S/C26H31N3OS/c1-2-29-22-7-4-3-6-20(22)21(24(29)23-8-5-9-31-23)16-27-25(30)28-26-13-17-10-18(14-26)12-19(11-17)15-26/h3-9,17-19H,2,10-16H2,1H3,(H2,27,28,30). The average molecular weight is 434 g/mol. The Balaban J connectivity index is 1.26. The average Bonchev–Trinajstić information content (AvgIpc) is 3.36. The number of rotatable bonds is 5. The van der Waals surface area contributed by atoms with E-state index in [4.69, 9.17) is 0 Å². The van der Waals surface area contributed by atoms with Crippen LogP contribution >= 0.6 is 11.3 Å². The van der Waals surface area contributed by atoms with Crippen LogP contribution in [0.2, 0.25) is 0 Å². The van der Waals surface area contributed by atoms with E-state index in [9.17, 15) is 4.79 Å². The van der Waals surface area contributed by atoms with Gasteiger partial charge in [0.05, 0.1) is 10.6 Å². The van der Waals surface area contributed by atoms with E-state index in [1.165, 1.54) is 65.6 Å². The number of fused-ring (bicyclic) bond motifs is 1. The molecule has 2 N–H and O–H groups in total. The Morgan fingerprint density at radius 1 is 1.06 bits per heavy atom. The Hall–Kier alpha value is -2.27. The minimum atomic E-state index is 0.00686. The van der Waals surface area contributed by atoms with Crippen molar-refractivity contribution in [2.24, 2.45) is 17.8 Å². The number of nitrogens with zero attached hydrogens (tertiary/aromatic N) is 1. The molecule has 2 amide bonds. The molecule has 0 unspecified atom stereocenters. The molecule has 4 bridgehead atoms. The van der Waals surface area contributed by atoms with Crippen molar-refractivity contribution in [1.82, 2.24) is 15.2 Å². The van der Waals surface area contributed by atoms with E-state index in [0.717, 1.165) is 24.3 Å². The van der Waals surface area contributed by atoms with Gasteiger partial charge in [-0.15, -0.1) is 11.3 Å². The van der Waals surface area contributed by atoms with Crippen LogP contribution in [0, 0.1) is 17.8 Å². The van der Waals surface area contributed by atoms with Gasteiger partial charge in [0.1, 0.15) is 0 Å². The van der Waals surface area contributed by atoms with Crippen molar-refractivity contribution in [3.63, 3.8) is 0 Å². The van der Waals surface area contributed by atoms with Gasteiger partial charge in [-0.2, -0.15) is 0 Å². The number of benzene rings is 1. The Morgan fingerprint density at radius 3 is 2.42 bits per heavy atom. The lowest BCUT2D eigenvalue weighted by Gasteiger charge is -2.56. The first kappa shape index (κ1) is 19.4. The second-order valence-electron chi connectivity index (χ2n) is 10.1. The zero-order chi connectivity index (χ0) is 21.0. The first-order valence-corrected chi connectivity index (χ1v) is 12.7. The lowest BCUT2D eigenvalue weighted by atomic mass is 9.53. The van der Waals surface area contributed by atoms with Crippen LogP contribution in [-0.4, -0.2) is 16.1 Å². The normalized spacial score (nSPS) is 28.9. The molecule has 4 aliphatic rings. The molecule has 0 aliphatic heterocycles. The van der Waals surface area contributed by atoms with Gasteiger partial charge in [0.2, 0.25) is 0 Å². The Labute approximate surface area is 188 Å². The van der Waals surface area contributed by atoms with E-state index >= 15 is 0 Å². The van der Waals surface area contributed by atoms with E-state index in [2.05, 4.69) is 63.9 Å². The molecular formula is C26H31N3OS. The van der Waals surface area contributed by atoms with E-state index in [0.29, 0.717) is 6.54 Å². The van der Waals surface area contributed by atoms with Crippen molar-refractivity contribution in [1.29, 1.82) is 0 Å². The molecule has 31 heavy (non-hydrogen) atoms. The van der Waals surface area contributed by atoms with Crippen LogP contribution in [0.5, 0.6) is 0 Å². The lowest BCUT2D eigenvalue weighted by Crippen LogP contribution is -2.61. The van der Waals surface area contributed by atoms with Crippen LogP contribution in [0.15, 0.2) is 41.8 Å². The minimum absolute atomic E-state index is 0.00686. The largest absolute Gasteiger partial charge is 0.340 e. The molecule has 7 rings (SSSR count). The van der Waals surface area contributed by atoms with E-state index < -0.39 is 0 Å². The van der Waals surface area contributed by atoms with Crippen LogP contribution in [0.1, 0.15) is 51.0 Å². The summed E-state index contributed by atoms with van der Waals surface area (Å²) in [7, 11) is 0. The van der Waals surface area contributed by atoms with Gasteiger partial charge in [-0.1, -0.05) is 24.3 Å². The highest BCUT2D eigenvalue weighted by atomic mass is 32.1. The summed E-state index contributed by atoms with van der Waals surface area (Å²) in [6.07, 6.45) is 7.72. The molecule has 5 heteroatoms. The topological polar surface area (TPSA) is 46.1 Å². The summed E-state index contributed by atoms with van der Waals surface area (Å²) in [5.41, 5.74) is 3.76. The quantitative estimate of drug-likeness (QED) is 0.497. The van der Waals surface area contributed by atoms with Gasteiger partial charge < -0.3 is 15.2 Å². The highest BCUT2D eigenvalue weighted by molar-refractivity contribution is 7.13. The minimum Gasteiger partial charge on any atom is -0.340 e. The molecule has 0 radical (unpaired) electrons. The monoisotopic (exact) mass is 433 g/mol. The number of amides is 2. The summed E-state index contributed by atoms with van der Waals surface area (Å²) < 4.78 is 2.38. The molecule has 4 fully saturated rings. The molecule has 4 nitrogen and oxygen atoms in total. The summed E-state index contributed by atoms with van der Waals surface area (Å²) >= 11 is 1.76. The predicted octanol–water partition coefficient (Wildman–Crippen LogP) is 6.16. The Bertz CT molecular complexity index is 1080. The molecule has 3 aromatic rings. The maximum Gasteiger partial charge on any atom is 0.315 e. The first-order chi connectivity index (χ1) is 15.1. The third-order valence-electron chi connectivity index (χ3n) is 7.99. The van der Waals surface area contributed by atoms with Gasteiger partial charge >= 0.3 is 6.03 Å². The van der Waals surface area contributed by atoms with Crippen molar-refractivity contribution in [3.05, 3.63) is 47.3 Å². The zero-order valence-electron chi connectivity index (χ0n) is 18.2. The zero-order valence-corrected chi connectivity index (χ0v) is 19.0. The van der Waals surface area contributed by atoms with Crippen molar-refractivity contribution in [3.8, 4) is 10.6 Å². The van der Waals surface area contributed by atoms with Gasteiger partial charge in [-0.05, 0) is 80.7 Å². The maximum absolute atomic E-state index is 13.1. The fraction of sp³-hybridized carbons (Fsp3) is 0.500. The molecule has 2 heterocycles. The fourth-order valence-electron chi connectivity index (χ4n) is 7.29. The fourth-order valence-corrected chi connectivity index (χ4v) is 8.10. The smallest absolute Gasteiger partial charge is 0.315 e. The molecule has 0 atom stereocenters. The second-order valence-corrected chi connectivity index (χ2v) is 11.0. The molecular weight excluding hydrogens is 402 g/mol. The maximum atomic E-state index is 13.1. The highest BCUT2D eigenvalue weighted by Crippen LogP contribution is 2.55. The number of hydrogen-bond acceptors (Lipinski definition) is 2. The van der Waals surface area contributed by atoms with Gasteiger partial charge in [-0.25, -0.2) is 4.79 Å². The highest BCUT2D eigenvalue weighted by Gasteiger charge is 2.51. The summed E-state index contributed by atoms with van der Waals surface area (Å²) in [5.74, 6) is 2.50. The SMILES string of the molecule is CCn1c(-c2cccs2)c(CNC(=O)NC23CC4CC(CC(C4)C2)C3)c2ccccc21. The number of hydrogen-bond donors (Lipinski definition) is 2. The van der Waals surface area contributed by atoms with Gasteiger partial charge in [0, 0.05) is 35.1 Å². The molecule has 4 saturated carbocycles. The third kappa shape index (κ3) is 3.29. The van der Waals surface area contributed by atoms with Crippen LogP contribution in [0.4, 0.5) is 4.79 Å².